The van der Waals surface area contributed by atoms with Crippen LogP contribution < -0.4 is 4.74 Å². The minimum Gasteiger partial charge on any atom is -0.458 e. The van der Waals surface area contributed by atoms with E-state index >= 15 is 0 Å². The second kappa shape index (κ2) is 7.12. The van der Waals surface area contributed by atoms with Crippen LogP contribution in [0, 0.1) is 0 Å². The summed E-state index contributed by atoms with van der Waals surface area (Å²) < 4.78 is 11.4. The molecule has 0 saturated carbocycles. The predicted octanol–water partition coefficient (Wildman–Crippen LogP) is 1.06. The van der Waals surface area contributed by atoms with E-state index in [0.717, 1.165) is 17.3 Å². The van der Waals surface area contributed by atoms with E-state index in [0.29, 0.717) is 32.3 Å². The number of carbonyl (C=O) groups excluding carboxylic acids is 2. The Hall–Kier alpha value is -1.90. The quantitative estimate of drug-likeness (QED) is 0.771. The zero-order chi connectivity index (χ0) is 16.2. The predicted molar refractivity (Wildman–Crippen MR) is 82.9 cm³/mol. The molecule has 1 aromatic heterocycles. The number of cyclic esters (lactones) is 1. The molecule has 3 heterocycles. The van der Waals surface area contributed by atoms with Crippen molar-refractivity contribution in [2.24, 2.45) is 0 Å². The number of likely N-dealkylation sites (tertiary alicyclic amines) is 1. The van der Waals surface area contributed by atoms with Gasteiger partial charge in [0.25, 0.3) is 0 Å². The third-order valence-electron chi connectivity index (χ3n) is 3.77. The van der Waals surface area contributed by atoms with E-state index in [1.54, 1.807) is 17.3 Å². The third kappa shape index (κ3) is 4.10. The lowest BCUT2D eigenvalue weighted by Crippen LogP contribution is -2.48. The van der Waals surface area contributed by atoms with Gasteiger partial charge in [-0.15, -0.1) is 0 Å². The summed E-state index contributed by atoms with van der Waals surface area (Å²) in [4.78, 5) is 35.0. The van der Waals surface area contributed by atoms with Crippen LogP contribution in [0.3, 0.4) is 0 Å². The Morgan fingerprint density at radius 2 is 2.17 bits per heavy atom. The van der Waals surface area contributed by atoms with Crippen LogP contribution in [0.2, 0.25) is 0 Å². The summed E-state index contributed by atoms with van der Waals surface area (Å²) in [5, 5.41) is 0. The Kier molecular flexibility index (Phi) is 4.94. The molecule has 8 nitrogen and oxygen atoms in total. The van der Waals surface area contributed by atoms with Crippen molar-refractivity contribution in [1.29, 1.82) is 0 Å². The van der Waals surface area contributed by atoms with E-state index in [-0.39, 0.29) is 18.6 Å². The number of aromatic nitrogens is 2. The Labute approximate surface area is 141 Å². The lowest BCUT2D eigenvalue weighted by atomic mass is 10.1. The molecular formula is C14H17BrN4O4. The molecule has 1 atom stereocenters. The Bertz CT molecular complexity index is 583. The topological polar surface area (TPSA) is 84.9 Å². The first kappa shape index (κ1) is 16.0. The molecule has 0 radical (unpaired) electrons. The van der Waals surface area contributed by atoms with Crippen LogP contribution in [0.5, 0.6) is 6.01 Å². The minimum absolute atomic E-state index is 0.0559. The van der Waals surface area contributed by atoms with Gasteiger partial charge in [0.15, 0.2) is 0 Å². The summed E-state index contributed by atoms with van der Waals surface area (Å²) in [6.45, 7) is 2.01. The maximum absolute atomic E-state index is 12.3. The standard InChI is InChI=1S/C14H17BrN4O4/c15-10-6-16-13(17-7-10)23-11-2-1-3-18(8-11)12(20)9-19-4-5-22-14(19)21/h6-7,11H,1-5,8-9H2/t11-/m0/s1. The molecule has 0 bridgehead atoms. The number of amides is 2. The van der Waals surface area contributed by atoms with E-state index in [4.69, 9.17) is 9.47 Å². The molecule has 3 rings (SSSR count). The number of ether oxygens (including phenoxy) is 2. The van der Waals surface area contributed by atoms with Gasteiger partial charge in [-0.05, 0) is 28.8 Å². The van der Waals surface area contributed by atoms with Gasteiger partial charge in [0, 0.05) is 18.9 Å². The van der Waals surface area contributed by atoms with Crippen molar-refractivity contribution < 1.29 is 19.1 Å². The van der Waals surface area contributed by atoms with E-state index in [2.05, 4.69) is 25.9 Å². The smallest absolute Gasteiger partial charge is 0.410 e. The Balaban J connectivity index is 1.54. The maximum Gasteiger partial charge on any atom is 0.410 e. The molecule has 0 N–H and O–H groups in total. The fourth-order valence-corrected chi connectivity index (χ4v) is 2.81. The molecule has 2 fully saturated rings. The van der Waals surface area contributed by atoms with Crippen molar-refractivity contribution in [3.8, 4) is 6.01 Å². The normalized spacial score (nSPS) is 21.3. The number of nitrogens with zero attached hydrogens (tertiary/aromatic N) is 4. The van der Waals surface area contributed by atoms with Crippen molar-refractivity contribution in [2.75, 3.05) is 32.8 Å². The largest absolute Gasteiger partial charge is 0.458 e. The van der Waals surface area contributed by atoms with Gasteiger partial charge in [-0.2, -0.15) is 0 Å². The lowest BCUT2D eigenvalue weighted by Gasteiger charge is -2.33. The van der Waals surface area contributed by atoms with Crippen molar-refractivity contribution in [1.82, 2.24) is 19.8 Å². The molecule has 1 aromatic rings. The highest BCUT2D eigenvalue weighted by Crippen LogP contribution is 2.17. The molecular weight excluding hydrogens is 368 g/mol. The van der Waals surface area contributed by atoms with Crippen molar-refractivity contribution in [2.45, 2.75) is 18.9 Å². The highest BCUT2D eigenvalue weighted by atomic mass is 79.9. The molecule has 0 aromatic carbocycles. The summed E-state index contributed by atoms with van der Waals surface area (Å²) in [6.07, 6.45) is 4.36. The molecule has 2 amide bonds. The van der Waals surface area contributed by atoms with Gasteiger partial charge >= 0.3 is 12.1 Å². The van der Waals surface area contributed by atoms with Crippen LogP contribution in [0.25, 0.3) is 0 Å². The number of halogens is 1. The Morgan fingerprint density at radius 1 is 1.39 bits per heavy atom. The van der Waals surface area contributed by atoms with Gasteiger partial charge in [-0.25, -0.2) is 14.8 Å². The average molecular weight is 385 g/mol. The molecule has 2 aliphatic heterocycles. The molecule has 0 aliphatic carbocycles. The molecule has 9 heteroatoms. The summed E-state index contributed by atoms with van der Waals surface area (Å²) in [5.74, 6) is -0.0890. The van der Waals surface area contributed by atoms with E-state index in [1.165, 1.54) is 4.90 Å². The zero-order valence-corrected chi connectivity index (χ0v) is 14.1. The Morgan fingerprint density at radius 3 is 2.87 bits per heavy atom. The second-order valence-corrected chi connectivity index (χ2v) is 6.36. The van der Waals surface area contributed by atoms with Crippen LogP contribution in [0.15, 0.2) is 16.9 Å². The summed E-state index contributed by atoms with van der Waals surface area (Å²) in [7, 11) is 0. The van der Waals surface area contributed by atoms with E-state index in [9.17, 15) is 9.59 Å². The zero-order valence-electron chi connectivity index (χ0n) is 12.5. The molecule has 0 unspecified atom stereocenters. The SMILES string of the molecule is O=C(CN1CCOC1=O)N1CCC[C@H](Oc2ncc(Br)cn2)C1. The van der Waals surface area contributed by atoms with Gasteiger partial charge in [-0.1, -0.05) is 0 Å². The van der Waals surface area contributed by atoms with Gasteiger partial charge in [0.05, 0.1) is 17.6 Å². The van der Waals surface area contributed by atoms with Crippen molar-refractivity contribution in [3.63, 3.8) is 0 Å². The number of hydrogen-bond donors (Lipinski definition) is 0. The summed E-state index contributed by atoms with van der Waals surface area (Å²) in [5.41, 5.74) is 0. The molecule has 23 heavy (non-hydrogen) atoms. The number of piperidine rings is 1. The first-order valence-corrected chi connectivity index (χ1v) is 8.25. The summed E-state index contributed by atoms with van der Waals surface area (Å²) >= 11 is 3.27. The highest BCUT2D eigenvalue weighted by Gasteiger charge is 2.30. The van der Waals surface area contributed by atoms with Crippen molar-refractivity contribution >= 4 is 27.9 Å². The summed E-state index contributed by atoms with van der Waals surface area (Å²) in [6, 6.07) is 0.301. The minimum atomic E-state index is -0.425. The number of rotatable bonds is 4. The van der Waals surface area contributed by atoms with Crippen LogP contribution in [-0.2, 0) is 9.53 Å². The average Bonchev–Trinajstić information content (AvgIpc) is 2.95. The fraction of sp³-hybridized carbons (Fsp3) is 0.571. The lowest BCUT2D eigenvalue weighted by molar-refractivity contribution is -0.134. The van der Waals surface area contributed by atoms with Gasteiger partial charge < -0.3 is 14.4 Å². The first-order valence-electron chi connectivity index (χ1n) is 7.45. The van der Waals surface area contributed by atoms with Crippen LogP contribution in [0.1, 0.15) is 12.8 Å². The van der Waals surface area contributed by atoms with E-state index in [1.807, 2.05) is 0 Å². The van der Waals surface area contributed by atoms with Gasteiger partial charge in [0.1, 0.15) is 19.3 Å². The van der Waals surface area contributed by atoms with Gasteiger partial charge in [-0.3, -0.25) is 9.69 Å². The maximum atomic E-state index is 12.3. The molecule has 2 saturated heterocycles. The monoisotopic (exact) mass is 384 g/mol. The van der Waals surface area contributed by atoms with E-state index < -0.39 is 6.09 Å². The van der Waals surface area contributed by atoms with Crippen LogP contribution >= 0.6 is 15.9 Å². The number of carbonyl (C=O) groups is 2. The highest BCUT2D eigenvalue weighted by molar-refractivity contribution is 9.10. The second-order valence-electron chi connectivity index (χ2n) is 5.44. The van der Waals surface area contributed by atoms with Gasteiger partial charge in [0.2, 0.25) is 5.91 Å². The first-order chi connectivity index (χ1) is 11.1. The number of hydrogen-bond acceptors (Lipinski definition) is 6. The van der Waals surface area contributed by atoms with Crippen LogP contribution in [-0.4, -0.2) is 70.7 Å². The molecule has 2 aliphatic rings. The third-order valence-corrected chi connectivity index (χ3v) is 4.18. The fourth-order valence-electron chi connectivity index (χ4n) is 2.60. The van der Waals surface area contributed by atoms with Crippen molar-refractivity contribution in [3.05, 3.63) is 16.9 Å². The molecule has 0 spiro atoms. The molecule has 124 valence electrons. The van der Waals surface area contributed by atoms with Crippen LogP contribution in [0.4, 0.5) is 4.79 Å².